The molecule has 0 saturated heterocycles. The fourth-order valence-corrected chi connectivity index (χ4v) is 8.79. The van der Waals surface area contributed by atoms with Crippen molar-refractivity contribution in [3.8, 4) is 39.1 Å². The first kappa shape index (κ1) is 31.4. The first-order valence-electron chi connectivity index (χ1n) is 18.7. The second-order valence-corrected chi connectivity index (χ2v) is 14.9. The van der Waals surface area contributed by atoms with Crippen LogP contribution in [0.15, 0.2) is 176 Å². The average molecular weight is 681 g/mol. The van der Waals surface area contributed by atoms with E-state index in [1.54, 1.807) is 0 Å². The van der Waals surface area contributed by atoms with E-state index in [1.165, 1.54) is 72.4 Å². The summed E-state index contributed by atoms with van der Waals surface area (Å²) in [6.07, 6.45) is 6.77. The highest BCUT2D eigenvalue weighted by Gasteiger charge is 2.35. The van der Waals surface area contributed by atoms with E-state index >= 15 is 0 Å². The summed E-state index contributed by atoms with van der Waals surface area (Å²) in [6, 6.07) is 62.4. The summed E-state index contributed by atoms with van der Waals surface area (Å²) in [6.45, 7) is 4.71. The minimum Gasteiger partial charge on any atom is -0.313 e. The van der Waals surface area contributed by atoms with E-state index < -0.39 is 0 Å². The van der Waals surface area contributed by atoms with Gasteiger partial charge in [0.2, 0.25) is 0 Å². The molecule has 2 nitrogen and oxygen atoms in total. The number of para-hydroxylation sites is 1. The first-order chi connectivity index (χ1) is 26.0. The minimum absolute atomic E-state index is 0.0822. The largest absolute Gasteiger partial charge is 0.313 e. The molecule has 254 valence electrons. The van der Waals surface area contributed by atoms with E-state index in [4.69, 9.17) is 0 Å². The lowest BCUT2D eigenvalue weighted by atomic mass is 9.82. The zero-order valence-corrected chi connectivity index (χ0v) is 30.1. The van der Waals surface area contributed by atoms with Crippen molar-refractivity contribution in [2.45, 2.75) is 32.1 Å². The Morgan fingerprint density at radius 3 is 1.83 bits per heavy atom. The van der Waals surface area contributed by atoms with Gasteiger partial charge in [0.25, 0.3) is 0 Å². The molecule has 2 aliphatic carbocycles. The van der Waals surface area contributed by atoms with Gasteiger partial charge in [0.05, 0.1) is 5.52 Å². The van der Waals surface area contributed by atoms with Crippen LogP contribution in [-0.4, -0.2) is 4.57 Å². The summed E-state index contributed by atoms with van der Waals surface area (Å²) in [4.78, 5) is 2.41. The Morgan fingerprint density at radius 1 is 0.509 bits per heavy atom. The van der Waals surface area contributed by atoms with Crippen molar-refractivity contribution in [3.05, 3.63) is 198 Å². The normalized spacial score (nSPS) is 13.8. The molecule has 0 aliphatic heterocycles. The zero-order chi connectivity index (χ0) is 35.5. The topological polar surface area (TPSA) is 8.17 Å². The molecule has 7 aromatic carbocycles. The van der Waals surface area contributed by atoms with Gasteiger partial charge >= 0.3 is 0 Å². The predicted octanol–water partition coefficient (Wildman–Crippen LogP) is 13.7. The maximum atomic E-state index is 2.46. The Kier molecular flexibility index (Phi) is 7.33. The van der Waals surface area contributed by atoms with Crippen molar-refractivity contribution in [2.24, 2.45) is 0 Å². The van der Waals surface area contributed by atoms with Crippen molar-refractivity contribution in [2.75, 3.05) is 4.90 Å². The van der Waals surface area contributed by atoms with Crippen LogP contribution in [0.5, 0.6) is 0 Å². The van der Waals surface area contributed by atoms with Gasteiger partial charge in [-0.05, 0) is 118 Å². The molecule has 0 fully saturated rings. The van der Waals surface area contributed by atoms with Gasteiger partial charge in [0.1, 0.15) is 0 Å². The summed E-state index contributed by atoms with van der Waals surface area (Å²) < 4.78 is 2.46. The molecule has 0 N–H and O–H groups in total. The highest BCUT2D eigenvalue weighted by atomic mass is 15.1. The number of hydrogen-bond acceptors (Lipinski definition) is 1. The molecule has 2 heteroatoms. The van der Waals surface area contributed by atoms with Crippen molar-refractivity contribution in [1.82, 2.24) is 4.57 Å². The molecule has 2 aliphatic rings. The standard InChI is InChI=1S/C51H40N2/c1-51(2)47-19-11-9-17-43(47)44-31-30-42(34-48(44)51)52(40-26-21-36(22-27-40)35-13-5-3-6-14-35)41-28-23-37(24-29-41)38-25-32-50-46(33-38)45-18-10-12-20-49(45)53(50)39-15-7-4-8-16-39/h3-11,13-19,21-34H,12,20H2,1-2H3. The maximum absolute atomic E-state index is 2.46. The summed E-state index contributed by atoms with van der Waals surface area (Å²) in [5.74, 6) is 0. The highest BCUT2D eigenvalue weighted by molar-refractivity contribution is 5.96. The molecule has 0 amide bonds. The fraction of sp³-hybridized carbons (Fsp3) is 0.0980. The summed E-state index contributed by atoms with van der Waals surface area (Å²) in [5.41, 5.74) is 18.9. The Labute approximate surface area is 311 Å². The van der Waals surface area contributed by atoms with Gasteiger partial charge in [0, 0.05) is 44.8 Å². The molecule has 1 aromatic heterocycles. The number of allylic oxidation sites excluding steroid dienone is 1. The third-order valence-corrected chi connectivity index (χ3v) is 11.5. The zero-order valence-electron chi connectivity index (χ0n) is 30.1. The lowest BCUT2D eigenvalue weighted by Crippen LogP contribution is -2.16. The quantitative estimate of drug-likeness (QED) is 0.170. The molecule has 8 aromatic rings. The van der Waals surface area contributed by atoms with Gasteiger partial charge in [-0.1, -0.05) is 135 Å². The van der Waals surface area contributed by atoms with Crippen LogP contribution in [0.1, 0.15) is 42.7 Å². The van der Waals surface area contributed by atoms with Crippen molar-refractivity contribution >= 4 is 34.0 Å². The van der Waals surface area contributed by atoms with Crippen LogP contribution < -0.4 is 4.90 Å². The Bertz CT molecular complexity index is 2660. The molecule has 1 heterocycles. The van der Waals surface area contributed by atoms with Gasteiger partial charge in [-0.3, -0.25) is 0 Å². The molecule has 0 radical (unpaired) electrons. The van der Waals surface area contributed by atoms with E-state index in [0.29, 0.717) is 0 Å². The number of nitrogens with zero attached hydrogens (tertiary/aromatic N) is 2. The van der Waals surface area contributed by atoms with Crippen LogP contribution in [0.3, 0.4) is 0 Å². The van der Waals surface area contributed by atoms with Crippen LogP contribution in [0.25, 0.3) is 56.0 Å². The van der Waals surface area contributed by atoms with Crippen LogP contribution >= 0.6 is 0 Å². The second-order valence-electron chi connectivity index (χ2n) is 14.9. The first-order valence-corrected chi connectivity index (χ1v) is 18.7. The number of anilines is 3. The van der Waals surface area contributed by atoms with Crippen LogP contribution in [0.2, 0.25) is 0 Å². The van der Waals surface area contributed by atoms with E-state index in [0.717, 1.165) is 29.9 Å². The van der Waals surface area contributed by atoms with Gasteiger partial charge in [-0.25, -0.2) is 0 Å². The van der Waals surface area contributed by atoms with Crippen LogP contribution in [-0.2, 0) is 11.8 Å². The van der Waals surface area contributed by atoms with Crippen molar-refractivity contribution in [3.63, 3.8) is 0 Å². The average Bonchev–Trinajstić information content (AvgIpc) is 3.67. The van der Waals surface area contributed by atoms with E-state index in [9.17, 15) is 0 Å². The number of rotatable bonds is 6. The van der Waals surface area contributed by atoms with Crippen LogP contribution in [0.4, 0.5) is 17.1 Å². The summed E-state index contributed by atoms with van der Waals surface area (Å²) in [7, 11) is 0. The molecular weight excluding hydrogens is 641 g/mol. The van der Waals surface area contributed by atoms with Crippen LogP contribution in [0, 0.1) is 0 Å². The maximum Gasteiger partial charge on any atom is 0.0538 e. The molecule has 0 unspecified atom stereocenters. The van der Waals surface area contributed by atoms with E-state index in [2.05, 4.69) is 205 Å². The Morgan fingerprint density at radius 2 is 1.09 bits per heavy atom. The van der Waals surface area contributed by atoms with E-state index in [1.807, 2.05) is 0 Å². The lowest BCUT2D eigenvalue weighted by molar-refractivity contribution is 0.660. The third-order valence-electron chi connectivity index (χ3n) is 11.5. The molecule has 0 atom stereocenters. The second kappa shape index (κ2) is 12.4. The van der Waals surface area contributed by atoms with Gasteiger partial charge in [0.15, 0.2) is 0 Å². The lowest BCUT2D eigenvalue weighted by Gasteiger charge is -2.28. The number of benzene rings is 7. The van der Waals surface area contributed by atoms with Crippen molar-refractivity contribution in [1.29, 1.82) is 0 Å². The number of aromatic nitrogens is 1. The van der Waals surface area contributed by atoms with Gasteiger partial charge < -0.3 is 9.47 Å². The molecule has 0 spiro atoms. The highest BCUT2D eigenvalue weighted by Crippen LogP contribution is 2.50. The van der Waals surface area contributed by atoms with Gasteiger partial charge in [-0.2, -0.15) is 0 Å². The fourth-order valence-electron chi connectivity index (χ4n) is 8.79. The summed E-state index contributed by atoms with van der Waals surface area (Å²) >= 11 is 0. The monoisotopic (exact) mass is 680 g/mol. The number of fused-ring (bicyclic) bond motifs is 6. The smallest absolute Gasteiger partial charge is 0.0538 e. The minimum atomic E-state index is -0.0822. The molecule has 0 bridgehead atoms. The third kappa shape index (κ3) is 5.17. The van der Waals surface area contributed by atoms with Gasteiger partial charge in [-0.15, -0.1) is 0 Å². The molecule has 53 heavy (non-hydrogen) atoms. The molecule has 10 rings (SSSR count). The SMILES string of the molecule is CC1(C)c2ccccc2-c2ccc(N(c3ccc(-c4ccccc4)cc3)c3ccc(-c4ccc5c(c4)c4c(n5-c5ccccc5)CCC=C4)cc3)cc21. The molecular formula is C51H40N2. The van der Waals surface area contributed by atoms with E-state index in [-0.39, 0.29) is 5.41 Å². The Hall–Kier alpha value is -6.38. The Balaban J connectivity index is 1.06. The summed E-state index contributed by atoms with van der Waals surface area (Å²) in [5, 5.41) is 1.31. The number of hydrogen-bond donors (Lipinski definition) is 0. The predicted molar refractivity (Wildman–Crippen MR) is 224 cm³/mol. The molecule has 0 saturated carbocycles. The van der Waals surface area contributed by atoms with Crippen molar-refractivity contribution < 1.29 is 0 Å².